The van der Waals surface area contributed by atoms with Crippen molar-refractivity contribution in [2.75, 3.05) is 19.8 Å². The van der Waals surface area contributed by atoms with E-state index in [1.54, 1.807) is 6.92 Å². The third kappa shape index (κ3) is 9.72. The van der Waals surface area contributed by atoms with Gasteiger partial charge in [-0.2, -0.15) is 0 Å². The fraction of sp³-hybridized carbons (Fsp3) is 0.333. The van der Waals surface area contributed by atoms with Crippen LogP contribution in [0.3, 0.4) is 0 Å². The van der Waals surface area contributed by atoms with E-state index in [9.17, 15) is 9.59 Å². The van der Waals surface area contributed by atoms with Crippen molar-refractivity contribution in [3.63, 3.8) is 0 Å². The predicted molar refractivity (Wildman–Crippen MR) is 67.3 cm³/mol. The fourth-order valence-corrected chi connectivity index (χ4v) is 0.856. The minimum absolute atomic E-state index is 0.125. The van der Waals surface area contributed by atoms with Crippen molar-refractivity contribution in [3.8, 4) is 0 Å². The van der Waals surface area contributed by atoms with Gasteiger partial charge in [0.25, 0.3) is 0 Å². The van der Waals surface area contributed by atoms with E-state index in [4.69, 9.17) is 25.5 Å². The summed E-state index contributed by atoms with van der Waals surface area (Å²) in [7, 11) is 0. The van der Waals surface area contributed by atoms with Gasteiger partial charge in [-0.25, -0.2) is 9.59 Å². The lowest BCUT2D eigenvalue weighted by Gasteiger charge is -1.98. The van der Waals surface area contributed by atoms with Gasteiger partial charge in [0.2, 0.25) is 0 Å². The molecule has 0 fully saturated rings. The third-order valence-corrected chi connectivity index (χ3v) is 1.49. The summed E-state index contributed by atoms with van der Waals surface area (Å²) >= 11 is 0. The first-order valence-corrected chi connectivity index (χ1v) is 5.34. The topological polar surface area (TPSA) is 135 Å². The Balaban J connectivity index is 0. The highest BCUT2D eigenvalue weighted by Gasteiger charge is 2.13. The summed E-state index contributed by atoms with van der Waals surface area (Å²) in [5, 5.41) is 39.9. The number of aromatic carboxylic acids is 2. The second-order valence-corrected chi connectivity index (χ2v) is 2.92. The van der Waals surface area contributed by atoms with Gasteiger partial charge in [0.1, 0.15) is 0 Å². The molecule has 0 aliphatic carbocycles. The van der Waals surface area contributed by atoms with Crippen molar-refractivity contribution in [2.45, 2.75) is 6.92 Å². The van der Waals surface area contributed by atoms with Crippen LogP contribution >= 0.6 is 0 Å². The number of rotatable bonds is 3. The lowest BCUT2D eigenvalue weighted by atomic mass is 10.1. The SMILES string of the molecule is CCO.O=C(O)c1ccccc1C(=O)O.OCCO. The van der Waals surface area contributed by atoms with Gasteiger partial charge >= 0.3 is 11.9 Å². The van der Waals surface area contributed by atoms with Crippen LogP contribution < -0.4 is 0 Å². The zero-order chi connectivity index (χ0) is 15.3. The molecule has 1 aromatic rings. The Labute approximate surface area is 110 Å². The minimum Gasteiger partial charge on any atom is -0.478 e. The molecule has 108 valence electrons. The molecule has 0 saturated carbocycles. The molecule has 0 amide bonds. The molecule has 7 nitrogen and oxygen atoms in total. The molecule has 1 rings (SSSR count). The molecule has 7 heteroatoms. The Kier molecular flexibility index (Phi) is 12.7. The number of aliphatic hydroxyl groups excluding tert-OH is 3. The van der Waals surface area contributed by atoms with Crippen LogP contribution in [0.15, 0.2) is 24.3 Å². The van der Waals surface area contributed by atoms with Crippen molar-refractivity contribution in [1.29, 1.82) is 0 Å². The lowest BCUT2D eigenvalue weighted by Crippen LogP contribution is -2.06. The maximum atomic E-state index is 10.5. The van der Waals surface area contributed by atoms with Crippen molar-refractivity contribution in [2.24, 2.45) is 0 Å². The van der Waals surface area contributed by atoms with E-state index >= 15 is 0 Å². The number of carboxylic acids is 2. The first-order chi connectivity index (χ1) is 8.95. The molecule has 0 atom stereocenters. The lowest BCUT2D eigenvalue weighted by molar-refractivity contribution is 0.0651. The molecule has 0 unspecified atom stereocenters. The average molecular weight is 274 g/mol. The van der Waals surface area contributed by atoms with Crippen LogP contribution in [-0.4, -0.2) is 57.3 Å². The van der Waals surface area contributed by atoms with E-state index in [0.717, 1.165) is 0 Å². The van der Waals surface area contributed by atoms with E-state index in [1.165, 1.54) is 24.3 Å². The van der Waals surface area contributed by atoms with E-state index in [-0.39, 0.29) is 30.9 Å². The van der Waals surface area contributed by atoms with Crippen molar-refractivity contribution < 1.29 is 35.1 Å². The normalized spacial score (nSPS) is 8.42. The third-order valence-electron chi connectivity index (χ3n) is 1.49. The zero-order valence-corrected chi connectivity index (χ0v) is 10.5. The second-order valence-electron chi connectivity index (χ2n) is 2.92. The van der Waals surface area contributed by atoms with Gasteiger partial charge < -0.3 is 25.5 Å². The quantitative estimate of drug-likeness (QED) is 0.525. The first kappa shape index (κ1) is 19.4. The monoisotopic (exact) mass is 274 g/mol. The molecule has 19 heavy (non-hydrogen) atoms. The highest BCUT2D eigenvalue weighted by atomic mass is 16.4. The van der Waals surface area contributed by atoms with Crippen LogP contribution in [0.5, 0.6) is 0 Å². The Morgan fingerprint density at radius 2 is 1.16 bits per heavy atom. The van der Waals surface area contributed by atoms with Crippen molar-refractivity contribution >= 4 is 11.9 Å². The summed E-state index contributed by atoms with van der Waals surface area (Å²) in [5.74, 6) is -2.46. The van der Waals surface area contributed by atoms with Crippen LogP contribution in [0, 0.1) is 0 Å². The molecule has 0 radical (unpaired) electrons. The summed E-state index contributed by atoms with van der Waals surface area (Å²) < 4.78 is 0. The number of hydrogen-bond donors (Lipinski definition) is 5. The maximum absolute atomic E-state index is 10.5. The van der Waals surface area contributed by atoms with Crippen LogP contribution in [0.1, 0.15) is 27.6 Å². The van der Waals surface area contributed by atoms with Crippen molar-refractivity contribution in [1.82, 2.24) is 0 Å². The van der Waals surface area contributed by atoms with Gasteiger partial charge in [-0.15, -0.1) is 0 Å². The minimum atomic E-state index is -1.23. The smallest absolute Gasteiger partial charge is 0.336 e. The van der Waals surface area contributed by atoms with Crippen LogP contribution in [0.4, 0.5) is 0 Å². The van der Waals surface area contributed by atoms with Crippen LogP contribution in [-0.2, 0) is 0 Å². The van der Waals surface area contributed by atoms with Crippen LogP contribution in [0.2, 0.25) is 0 Å². The number of carbonyl (C=O) groups is 2. The van der Waals surface area contributed by atoms with Crippen molar-refractivity contribution in [3.05, 3.63) is 35.4 Å². The van der Waals surface area contributed by atoms with E-state index in [0.29, 0.717) is 0 Å². The Morgan fingerprint density at radius 3 is 1.32 bits per heavy atom. The van der Waals surface area contributed by atoms with Crippen LogP contribution in [0.25, 0.3) is 0 Å². The molecule has 0 saturated heterocycles. The van der Waals surface area contributed by atoms with Gasteiger partial charge in [0.05, 0.1) is 24.3 Å². The van der Waals surface area contributed by atoms with Gasteiger partial charge in [-0.1, -0.05) is 12.1 Å². The highest BCUT2D eigenvalue weighted by molar-refractivity contribution is 6.01. The summed E-state index contributed by atoms with van der Waals surface area (Å²) in [6.45, 7) is 1.68. The van der Waals surface area contributed by atoms with E-state index in [2.05, 4.69) is 0 Å². The largest absolute Gasteiger partial charge is 0.478 e. The number of carboxylic acid groups (broad SMARTS) is 2. The molecule has 5 N–H and O–H groups in total. The Morgan fingerprint density at radius 1 is 0.895 bits per heavy atom. The number of hydrogen-bond acceptors (Lipinski definition) is 5. The van der Waals surface area contributed by atoms with Gasteiger partial charge in [-0.3, -0.25) is 0 Å². The summed E-state index contributed by atoms with van der Waals surface area (Å²) in [4.78, 5) is 20.9. The zero-order valence-electron chi connectivity index (χ0n) is 10.5. The molecule has 0 aliphatic rings. The molecule has 0 heterocycles. The van der Waals surface area contributed by atoms with Gasteiger partial charge in [0.15, 0.2) is 0 Å². The molecule has 0 aromatic heterocycles. The van der Waals surface area contributed by atoms with Gasteiger partial charge in [-0.05, 0) is 19.1 Å². The maximum Gasteiger partial charge on any atom is 0.336 e. The highest BCUT2D eigenvalue weighted by Crippen LogP contribution is 2.07. The number of benzene rings is 1. The molecule has 0 spiro atoms. The summed E-state index contributed by atoms with van der Waals surface area (Å²) in [6.07, 6.45) is 0. The summed E-state index contributed by atoms with van der Waals surface area (Å²) in [5.41, 5.74) is -0.380. The fourth-order valence-electron chi connectivity index (χ4n) is 0.856. The molecule has 0 bridgehead atoms. The first-order valence-electron chi connectivity index (χ1n) is 5.34. The van der Waals surface area contributed by atoms with Gasteiger partial charge in [0, 0.05) is 6.61 Å². The van der Waals surface area contributed by atoms with E-state index < -0.39 is 11.9 Å². The Hall–Kier alpha value is -1.96. The molecular weight excluding hydrogens is 256 g/mol. The standard InChI is InChI=1S/C8H6O4.C2H6O2.C2H6O/c9-7(10)5-3-1-2-4-6(5)8(11)12;3-1-2-4;1-2-3/h1-4H,(H,9,10)(H,11,12);3-4H,1-2H2;3H,2H2,1H3. The second kappa shape index (κ2) is 12.5. The Bertz CT molecular complexity index is 341. The molecule has 1 aromatic carbocycles. The molecular formula is C12H18O7. The molecule has 0 aliphatic heterocycles. The summed E-state index contributed by atoms with van der Waals surface area (Å²) in [6, 6.07) is 5.48. The van der Waals surface area contributed by atoms with E-state index in [1.807, 2.05) is 0 Å². The average Bonchev–Trinajstić information content (AvgIpc) is 2.39. The predicted octanol–water partition coefficient (Wildman–Crippen LogP) is 0.0526. The number of aliphatic hydroxyl groups is 3.